The van der Waals surface area contributed by atoms with Crippen LogP contribution in [0.5, 0.6) is 0 Å². The van der Waals surface area contributed by atoms with Crippen molar-refractivity contribution in [2.24, 2.45) is 0 Å². The number of rotatable bonds is 13. The molecule has 0 aliphatic rings. The zero-order chi connectivity index (χ0) is 13.6. The van der Waals surface area contributed by atoms with Crippen molar-refractivity contribution in [2.45, 2.75) is 40.5 Å². The Balaban J connectivity index is 3.66. The van der Waals surface area contributed by atoms with Gasteiger partial charge in [0.1, 0.15) is 0 Å². The second-order valence-corrected chi connectivity index (χ2v) is 6.75. The van der Waals surface area contributed by atoms with Crippen molar-refractivity contribution in [3.63, 3.8) is 0 Å². The van der Waals surface area contributed by atoms with E-state index in [0.29, 0.717) is 0 Å². The summed E-state index contributed by atoms with van der Waals surface area (Å²) in [7, 11) is -1.36. The maximum Gasteiger partial charge on any atom is 0.170 e. The highest BCUT2D eigenvalue weighted by atomic mass is 31.2. The van der Waals surface area contributed by atoms with Gasteiger partial charge in [0.2, 0.25) is 0 Å². The average molecular weight is 298 g/mol. The van der Waals surface area contributed by atoms with E-state index >= 15 is 0 Å². The summed E-state index contributed by atoms with van der Waals surface area (Å²) in [5.41, 5.74) is 0. The predicted octanol–water partition coefficient (Wildman–Crippen LogP) is 4.54. The van der Waals surface area contributed by atoms with E-state index in [1.807, 2.05) is 27.7 Å². The third-order valence-corrected chi connectivity index (χ3v) is 5.57. The lowest BCUT2D eigenvalue weighted by Gasteiger charge is -2.17. The van der Waals surface area contributed by atoms with E-state index in [4.69, 9.17) is 18.1 Å². The van der Waals surface area contributed by atoms with Crippen LogP contribution in [0.2, 0.25) is 0 Å². The van der Waals surface area contributed by atoms with Gasteiger partial charge >= 0.3 is 0 Å². The largest absolute Gasteiger partial charge is 0.334 e. The van der Waals surface area contributed by atoms with Crippen LogP contribution >= 0.6 is 16.8 Å². The minimum atomic E-state index is -0.682. The Morgan fingerprint density at radius 1 is 0.556 bits per heavy atom. The van der Waals surface area contributed by atoms with Crippen LogP contribution < -0.4 is 0 Å². The normalized spacial score (nSPS) is 11.7. The summed E-state index contributed by atoms with van der Waals surface area (Å²) in [6, 6.07) is 0. The Morgan fingerprint density at radius 3 is 1.06 bits per heavy atom. The van der Waals surface area contributed by atoms with Gasteiger partial charge in [-0.3, -0.25) is 0 Å². The molecule has 0 saturated heterocycles. The molecule has 0 aliphatic heterocycles. The van der Waals surface area contributed by atoms with Crippen LogP contribution in [0.4, 0.5) is 0 Å². The second-order valence-electron chi connectivity index (χ2n) is 3.49. The highest BCUT2D eigenvalue weighted by Crippen LogP contribution is 2.42. The standard InChI is InChI=1S/C12H28O4P2/c1-5-13-17(14-6-2)11-9-10-12-18(15-7-3)16-8-4/h5-12H2,1-4H3. The van der Waals surface area contributed by atoms with Crippen LogP contribution in [0, 0.1) is 0 Å². The molecule has 0 heterocycles. The third kappa shape index (κ3) is 10.6. The van der Waals surface area contributed by atoms with Gasteiger partial charge in [-0.1, -0.05) is 0 Å². The van der Waals surface area contributed by atoms with Gasteiger partial charge in [-0.05, 0) is 40.5 Å². The molecule has 6 heteroatoms. The van der Waals surface area contributed by atoms with E-state index in [9.17, 15) is 0 Å². The summed E-state index contributed by atoms with van der Waals surface area (Å²) in [5, 5.41) is 0. The highest BCUT2D eigenvalue weighted by molar-refractivity contribution is 7.47. The van der Waals surface area contributed by atoms with Gasteiger partial charge in [0.05, 0.1) is 26.4 Å². The SMILES string of the molecule is CCOP(CCCCP(OCC)OCC)OCC. The first kappa shape index (κ1) is 18.7. The topological polar surface area (TPSA) is 36.9 Å². The molecule has 110 valence electrons. The van der Waals surface area contributed by atoms with Gasteiger partial charge in [0.15, 0.2) is 16.8 Å². The van der Waals surface area contributed by atoms with Crippen LogP contribution in [0.1, 0.15) is 40.5 Å². The molecule has 4 nitrogen and oxygen atoms in total. The van der Waals surface area contributed by atoms with Gasteiger partial charge in [-0.2, -0.15) is 0 Å². The molecule has 0 amide bonds. The van der Waals surface area contributed by atoms with E-state index < -0.39 is 16.8 Å². The average Bonchev–Trinajstić information content (AvgIpc) is 2.35. The fourth-order valence-electron chi connectivity index (χ4n) is 1.39. The lowest BCUT2D eigenvalue weighted by Crippen LogP contribution is -1.98. The van der Waals surface area contributed by atoms with Crippen molar-refractivity contribution in [2.75, 3.05) is 38.8 Å². The summed E-state index contributed by atoms with van der Waals surface area (Å²) in [6.07, 6.45) is 4.26. The Labute approximate surface area is 115 Å². The smallest absolute Gasteiger partial charge is 0.170 e. The van der Waals surface area contributed by atoms with E-state index in [0.717, 1.165) is 51.6 Å². The monoisotopic (exact) mass is 298 g/mol. The molecular formula is C12H28O4P2. The van der Waals surface area contributed by atoms with E-state index in [2.05, 4.69) is 0 Å². The van der Waals surface area contributed by atoms with Crippen molar-refractivity contribution in [3.05, 3.63) is 0 Å². The molecular weight excluding hydrogens is 270 g/mol. The fraction of sp³-hybridized carbons (Fsp3) is 1.00. The van der Waals surface area contributed by atoms with Gasteiger partial charge < -0.3 is 18.1 Å². The molecule has 0 spiro atoms. The molecule has 0 fully saturated rings. The Hall–Kier alpha value is 0.700. The van der Waals surface area contributed by atoms with Gasteiger partial charge in [-0.15, -0.1) is 0 Å². The van der Waals surface area contributed by atoms with Crippen LogP contribution in [-0.2, 0) is 18.1 Å². The van der Waals surface area contributed by atoms with Gasteiger partial charge in [0.25, 0.3) is 0 Å². The summed E-state index contributed by atoms with van der Waals surface area (Å²) in [5.74, 6) is 0. The van der Waals surface area contributed by atoms with Crippen molar-refractivity contribution < 1.29 is 18.1 Å². The lowest BCUT2D eigenvalue weighted by atomic mass is 10.4. The van der Waals surface area contributed by atoms with Crippen LogP contribution in [0.3, 0.4) is 0 Å². The van der Waals surface area contributed by atoms with Gasteiger partial charge in [0, 0.05) is 12.3 Å². The number of hydrogen-bond acceptors (Lipinski definition) is 4. The van der Waals surface area contributed by atoms with E-state index in [1.165, 1.54) is 0 Å². The molecule has 18 heavy (non-hydrogen) atoms. The molecule has 0 bridgehead atoms. The molecule has 0 radical (unpaired) electrons. The summed E-state index contributed by atoms with van der Waals surface area (Å²) in [6.45, 7) is 11.0. The second kappa shape index (κ2) is 14.1. The molecule has 0 aromatic rings. The fourth-order valence-corrected chi connectivity index (χ4v) is 4.17. The predicted molar refractivity (Wildman–Crippen MR) is 79.3 cm³/mol. The molecule has 0 rings (SSSR count). The maximum absolute atomic E-state index is 5.57. The minimum Gasteiger partial charge on any atom is -0.334 e. The Kier molecular flexibility index (Phi) is 14.7. The van der Waals surface area contributed by atoms with E-state index in [-0.39, 0.29) is 0 Å². The molecule has 0 aromatic carbocycles. The number of unbranched alkanes of at least 4 members (excludes halogenated alkanes) is 1. The zero-order valence-corrected chi connectivity index (χ0v) is 14.0. The zero-order valence-electron chi connectivity index (χ0n) is 12.2. The molecule has 0 atom stereocenters. The van der Waals surface area contributed by atoms with Gasteiger partial charge in [-0.25, -0.2) is 0 Å². The highest BCUT2D eigenvalue weighted by Gasteiger charge is 2.11. The first-order valence-corrected chi connectivity index (χ1v) is 9.57. The third-order valence-electron chi connectivity index (χ3n) is 2.02. The minimum absolute atomic E-state index is 0.682. The van der Waals surface area contributed by atoms with E-state index in [1.54, 1.807) is 0 Å². The summed E-state index contributed by atoms with van der Waals surface area (Å²) < 4.78 is 22.3. The van der Waals surface area contributed by atoms with Crippen molar-refractivity contribution in [3.8, 4) is 0 Å². The van der Waals surface area contributed by atoms with Crippen molar-refractivity contribution in [1.29, 1.82) is 0 Å². The first-order chi connectivity index (χ1) is 8.78. The van der Waals surface area contributed by atoms with Crippen molar-refractivity contribution >= 4 is 16.8 Å². The quantitative estimate of drug-likeness (QED) is 0.369. The summed E-state index contributed by atoms with van der Waals surface area (Å²) in [4.78, 5) is 0. The first-order valence-electron chi connectivity index (χ1n) is 6.85. The van der Waals surface area contributed by atoms with Crippen LogP contribution in [-0.4, -0.2) is 38.8 Å². The molecule has 0 saturated carbocycles. The Morgan fingerprint density at radius 2 is 0.833 bits per heavy atom. The Bertz CT molecular complexity index is 142. The number of hydrogen-bond donors (Lipinski definition) is 0. The van der Waals surface area contributed by atoms with Crippen molar-refractivity contribution in [1.82, 2.24) is 0 Å². The molecule has 0 N–H and O–H groups in total. The lowest BCUT2D eigenvalue weighted by molar-refractivity contribution is 0.265. The van der Waals surface area contributed by atoms with Crippen LogP contribution in [0.25, 0.3) is 0 Å². The van der Waals surface area contributed by atoms with Crippen LogP contribution in [0.15, 0.2) is 0 Å². The molecule has 0 aliphatic carbocycles. The summed E-state index contributed by atoms with van der Waals surface area (Å²) >= 11 is 0. The maximum atomic E-state index is 5.57. The molecule has 0 aromatic heterocycles. The molecule has 0 unspecified atom stereocenters.